The lowest BCUT2D eigenvalue weighted by atomic mass is 10.2. The van der Waals surface area contributed by atoms with Gasteiger partial charge in [0, 0.05) is 24.4 Å². The van der Waals surface area contributed by atoms with Gasteiger partial charge in [-0.05, 0) is 25.5 Å². The largest absolute Gasteiger partial charge is 0.481 e. The lowest BCUT2D eigenvalue weighted by Crippen LogP contribution is -2.13. The zero-order valence-corrected chi connectivity index (χ0v) is 12.4. The van der Waals surface area contributed by atoms with E-state index >= 15 is 0 Å². The minimum Gasteiger partial charge on any atom is -0.481 e. The van der Waals surface area contributed by atoms with Crippen molar-refractivity contribution in [3.63, 3.8) is 0 Å². The third kappa shape index (κ3) is 3.45. The fourth-order valence-corrected chi connectivity index (χ4v) is 2.97. The molecular weight excluding hydrogens is 276 g/mol. The van der Waals surface area contributed by atoms with E-state index < -0.39 is 5.97 Å². The summed E-state index contributed by atoms with van der Waals surface area (Å²) in [6.45, 7) is 4.16. The van der Waals surface area contributed by atoms with E-state index in [9.17, 15) is 4.79 Å². The SMILES string of the molecule is CCc1cnc(SCC(=O)O)n1C(C)Cc1ccco1. The molecule has 108 valence electrons. The topological polar surface area (TPSA) is 68.3 Å². The maximum atomic E-state index is 10.7. The molecule has 1 N–H and O–H groups in total. The maximum absolute atomic E-state index is 10.7. The Morgan fingerprint density at radius 2 is 2.40 bits per heavy atom. The van der Waals surface area contributed by atoms with Crippen molar-refractivity contribution in [3.05, 3.63) is 36.0 Å². The second-order valence-corrected chi connectivity index (χ2v) is 5.51. The van der Waals surface area contributed by atoms with E-state index in [1.54, 1.807) is 6.26 Å². The van der Waals surface area contributed by atoms with Crippen LogP contribution >= 0.6 is 11.8 Å². The Kier molecular flexibility index (Phi) is 4.89. The predicted octanol–water partition coefficient (Wildman–Crippen LogP) is 3.02. The highest BCUT2D eigenvalue weighted by molar-refractivity contribution is 7.99. The van der Waals surface area contributed by atoms with Gasteiger partial charge in [0.15, 0.2) is 5.16 Å². The van der Waals surface area contributed by atoms with Crippen LogP contribution in [0.15, 0.2) is 34.2 Å². The Labute approximate surface area is 122 Å². The Balaban J connectivity index is 2.18. The molecule has 6 heteroatoms. The number of hydrogen-bond acceptors (Lipinski definition) is 4. The third-order valence-electron chi connectivity index (χ3n) is 3.04. The number of nitrogens with zero attached hydrogens (tertiary/aromatic N) is 2. The van der Waals surface area contributed by atoms with Gasteiger partial charge in [-0.15, -0.1) is 0 Å². The lowest BCUT2D eigenvalue weighted by molar-refractivity contribution is -0.133. The highest BCUT2D eigenvalue weighted by atomic mass is 32.2. The number of aromatic nitrogens is 2. The van der Waals surface area contributed by atoms with Crippen molar-refractivity contribution in [1.82, 2.24) is 9.55 Å². The second kappa shape index (κ2) is 6.65. The molecule has 1 atom stereocenters. The summed E-state index contributed by atoms with van der Waals surface area (Å²) in [5.74, 6) is 0.108. The molecule has 20 heavy (non-hydrogen) atoms. The van der Waals surface area contributed by atoms with Crippen LogP contribution in [0.2, 0.25) is 0 Å². The maximum Gasteiger partial charge on any atom is 0.313 e. The summed E-state index contributed by atoms with van der Waals surface area (Å²) < 4.78 is 7.49. The zero-order chi connectivity index (χ0) is 14.5. The number of furan rings is 1. The van der Waals surface area contributed by atoms with E-state index in [4.69, 9.17) is 9.52 Å². The summed E-state index contributed by atoms with van der Waals surface area (Å²) in [6, 6.07) is 4.00. The molecule has 0 amide bonds. The Morgan fingerprint density at radius 1 is 1.60 bits per heavy atom. The van der Waals surface area contributed by atoms with Crippen molar-refractivity contribution >= 4 is 17.7 Å². The van der Waals surface area contributed by atoms with Crippen LogP contribution in [0.3, 0.4) is 0 Å². The normalized spacial score (nSPS) is 12.5. The molecule has 2 aromatic heterocycles. The summed E-state index contributed by atoms with van der Waals surface area (Å²) >= 11 is 1.25. The predicted molar refractivity (Wildman–Crippen MR) is 77.1 cm³/mol. The quantitative estimate of drug-likeness (QED) is 0.795. The Morgan fingerprint density at radius 3 is 3.00 bits per heavy atom. The van der Waals surface area contributed by atoms with E-state index in [0.717, 1.165) is 29.5 Å². The van der Waals surface area contributed by atoms with Crippen LogP contribution in [0.25, 0.3) is 0 Å². The second-order valence-electron chi connectivity index (χ2n) is 4.57. The van der Waals surface area contributed by atoms with Gasteiger partial charge in [-0.1, -0.05) is 18.7 Å². The van der Waals surface area contributed by atoms with Crippen LogP contribution in [0.1, 0.15) is 31.3 Å². The molecule has 0 fully saturated rings. The van der Waals surface area contributed by atoms with E-state index in [0.29, 0.717) is 0 Å². The molecule has 1 unspecified atom stereocenters. The molecule has 0 aliphatic carbocycles. The number of carboxylic acids is 1. The fraction of sp³-hybridized carbons (Fsp3) is 0.429. The van der Waals surface area contributed by atoms with E-state index in [2.05, 4.69) is 23.4 Å². The molecule has 0 aromatic carbocycles. The van der Waals surface area contributed by atoms with Gasteiger partial charge >= 0.3 is 5.97 Å². The van der Waals surface area contributed by atoms with Gasteiger partial charge in [-0.25, -0.2) is 4.98 Å². The van der Waals surface area contributed by atoms with Gasteiger partial charge in [0.1, 0.15) is 5.76 Å². The Bertz CT molecular complexity index is 563. The molecule has 0 spiro atoms. The molecule has 0 saturated carbocycles. The monoisotopic (exact) mass is 294 g/mol. The van der Waals surface area contributed by atoms with Crippen molar-refractivity contribution in [3.8, 4) is 0 Å². The number of carboxylic acid groups (broad SMARTS) is 1. The molecule has 2 heterocycles. The molecule has 0 aliphatic rings. The zero-order valence-electron chi connectivity index (χ0n) is 11.6. The molecule has 0 saturated heterocycles. The summed E-state index contributed by atoms with van der Waals surface area (Å²) in [7, 11) is 0. The first-order valence-electron chi connectivity index (χ1n) is 6.54. The Hall–Kier alpha value is -1.69. The van der Waals surface area contributed by atoms with Crippen molar-refractivity contribution in [2.45, 2.75) is 37.9 Å². The van der Waals surface area contributed by atoms with E-state index in [1.807, 2.05) is 18.3 Å². The first-order chi connectivity index (χ1) is 9.61. The molecule has 2 aromatic rings. The number of aliphatic carboxylic acids is 1. The number of rotatable bonds is 7. The number of thioether (sulfide) groups is 1. The van der Waals surface area contributed by atoms with Crippen LogP contribution in [0.4, 0.5) is 0 Å². The van der Waals surface area contributed by atoms with E-state index in [1.165, 1.54) is 11.8 Å². The van der Waals surface area contributed by atoms with Gasteiger partial charge in [-0.3, -0.25) is 4.79 Å². The average Bonchev–Trinajstić information content (AvgIpc) is 3.04. The number of imidazole rings is 1. The smallest absolute Gasteiger partial charge is 0.313 e. The molecule has 2 rings (SSSR count). The summed E-state index contributed by atoms with van der Waals surface area (Å²) in [5.41, 5.74) is 1.11. The summed E-state index contributed by atoms with van der Waals surface area (Å²) in [5, 5.41) is 9.56. The lowest BCUT2D eigenvalue weighted by Gasteiger charge is -2.17. The first-order valence-corrected chi connectivity index (χ1v) is 7.53. The van der Waals surface area contributed by atoms with E-state index in [-0.39, 0.29) is 11.8 Å². The van der Waals surface area contributed by atoms with Gasteiger partial charge in [0.25, 0.3) is 0 Å². The average molecular weight is 294 g/mol. The van der Waals surface area contributed by atoms with Crippen molar-refractivity contribution in [2.75, 3.05) is 5.75 Å². The molecule has 0 bridgehead atoms. The van der Waals surface area contributed by atoms with Crippen LogP contribution < -0.4 is 0 Å². The van der Waals surface area contributed by atoms with Crippen LogP contribution in [-0.4, -0.2) is 26.4 Å². The van der Waals surface area contributed by atoms with Crippen LogP contribution in [0.5, 0.6) is 0 Å². The number of hydrogen-bond donors (Lipinski definition) is 1. The minimum absolute atomic E-state index is 0.0215. The van der Waals surface area contributed by atoms with Crippen molar-refractivity contribution < 1.29 is 14.3 Å². The fourth-order valence-electron chi connectivity index (χ4n) is 2.15. The number of carbonyl (C=O) groups is 1. The van der Waals surface area contributed by atoms with Crippen molar-refractivity contribution in [2.24, 2.45) is 0 Å². The molecule has 0 radical (unpaired) electrons. The molecule has 5 nitrogen and oxygen atoms in total. The minimum atomic E-state index is -0.832. The van der Waals surface area contributed by atoms with Crippen molar-refractivity contribution in [1.29, 1.82) is 0 Å². The number of aryl methyl sites for hydroxylation is 1. The van der Waals surface area contributed by atoms with Crippen LogP contribution in [-0.2, 0) is 17.6 Å². The summed E-state index contributed by atoms with van der Waals surface area (Å²) in [6.07, 6.45) is 5.11. The van der Waals surface area contributed by atoms with Gasteiger partial charge in [0.05, 0.1) is 12.0 Å². The third-order valence-corrected chi connectivity index (χ3v) is 4.00. The first kappa shape index (κ1) is 14.7. The highest BCUT2D eigenvalue weighted by Crippen LogP contribution is 2.25. The van der Waals surface area contributed by atoms with Crippen LogP contribution in [0, 0.1) is 0 Å². The van der Waals surface area contributed by atoms with Gasteiger partial charge in [-0.2, -0.15) is 0 Å². The summed E-state index contributed by atoms with van der Waals surface area (Å²) in [4.78, 5) is 15.1. The standard InChI is InChI=1S/C14H18N2O3S/c1-3-11-8-15-14(20-9-13(17)18)16(11)10(2)7-12-5-4-6-19-12/h4-6,8,10H,3,7,9H2,1-2H3,(H,17,18). The van der Waals surface area contributed by atoms with Gasteiger partial charge in [0.2, 0.25) is 0 Å². The molecule has 0 aliphatic heterocycles. The highest BCUT2D eigenvalue weighted by Gasteiger charge is 2.17. The van der Waals surface area contributed by atoms with Gasteiger partial charge < -0.3 is 14.1 Å². The molecular formula is C14H18N2O3S.